The third-order valence-electron chi connectivity index (χ3n) is 2.10. The van der Waals surface area contributed by atoms with Crippen LogP contribution in [0, 0.1) is 18.3 Å². The van der Waals surface area contributed by atoms with Gasteiger partial charge in [0.05, 0.1) is 11.6 Å². The molecule has 0 aliphatic rings. The molecule has 0 heterocycles. The van der Waals surface area contributed by atoms with Gasteiger partial charge in [0.15, 0.2) is 0 Å². The van der Waals surface area contributed by atoms with Gasteiger partial charge in [-0.1, -0.05) is 12.1 Å². The molecule has 0 spiro atoms. The molecular weight excluding hydrogens is 180 g/mol. The molecule has 1 rings (SSSR count). The van der Waals surface area contributed by atoms with Crippen molar-refractivity contribution in [1.82, 2.24) is 0 Å². The minimum absolute atomic E-state index is 0.458. The molecule has 1 aromatic rings. The van der Waals surface area contributed by atoms with E-state index in [2.05, 4.69) is 0 Å². The molecule has 1 unspecified atom stereocenters. The third kappa shape index (κ3) is 1.73. The molecule has 1 atom stereocenters. The predicted molar refractivity (Wildman–Crippen MR) is 50.5 cm³/mol. The summed E-state index contributed by atoms with van der Waals surface area (Å²) in [5.41, 5.74) is 7.02. The maximum atomic E-state index is 10.6. The number of nitrogens with two attached hydrogens (primary N) is 1. The molecule has 0 aliphatic heterocycles. The van der Waals surface area contributed by atoms with Crippen LogP contribution in [0.5, 0.6) is 0 Å². The van der Waals surface area contributed by atoms with E-state index >= 15 is 0 Å². The average molecular weight is 190 g/mol. The zero-order chi connectivity index (χ0) is 10.7. The first-order valence-electron chi connectivity index (χ1n) is 4.06. The highest BCUT2D eigenvalue weighted by atomic mass is 16.4. The van der Waals surface area contributed by atoms with E-state index in [-0.39, 0.29) is 0 Å². The van der Waals surface area contributed by atoms with Crippen LogP contribution in [0.3, 0.4) is 0 Å². The van der Waals surface area contributed by atoms with E-state index in [1.54, 1.807) is 25.1 Å². The van der Waals surface area contributed by atoms with Crippen molar-refractivity contribution in [2.45, 2.75) is 13.0 Å². The fourth-order valence-electron chi connectivity index (χ4n) is 1.24. The van der Waals surface area contributed by atoms with Gasteiger partial charge in [-0.15, -0.1) is 0 Å². The predicted octanol–water partition coefficient (Wildman–Crippen LogP) is 0.951. The second-order valence-corrected chi connectivity index (χ2v) is 2.95. The van der Waals surface area contributed by atoms with Crippen molar-refractivity contribution in [2.75, 3.05) is 0 Å². The minimum atomic E-state index is -1.09. The van der Waals surface area contributed by atoms with Crippen LogP contribution in [-0.2, 0) is 4.79 Å². The highest BCUT2D eigenvalue weighted by molar-refractivity contribution is 5.76. The van der Waals surface area contributed by atoms with Crippen molar-refractivity contribution in [2.24, 2.45) is 5.73 Å². The number of rotatable bonds is 2. The highest BCUT2D eigenvalue weighted by Crippen LogP contribution is 2.18. The van der Waals surface area contributed by atoms with E-state index in [1.165, 1.54) is 0 Å². The second kappa shape index (κ2) is 3.90. The fourth-order valence-corrected chi connectivity index (χ4v) is 1.24. The largest absolute Gasteiger partial charge is 0.480 e. The van der Waals surface area contributed by atoms with Crippen molar-refractivity contribution in [1.29, 1.82) is 5.26 Å². The summed E-state index contributed by atoms with van der Waals surface area (Å²) < 4.78 is 0. The third-order valence-corrected chi connectivity index (χ3v) is 2.10. The number of nitrogens with zero attached hydrogens (tertiary/aromatic N) is 1. The smallest absolute Gasteiger partial charge is 0.325 e. The van der Waals surface area contributed by atoms with Crippen LogP contribution in [0.2, 0.25) is 0 Å². The second-order valence-electron chi connectivity index (χ2n) is 2.95. The maximum absolute atomic E-state index is 10.6. The molecule has 0 saturated carbocycles. The molecule has 4 heteroatoms. The topological polar surface area (TPSA) is 87.1 Å². The number of benzene rings is 1. The van der Waals surface area contributed by atoms with E-state index in [0.29, 0.717) is 16.7 Å². The van der Waals surface area contributed by atoms with Crippen molar-refractivity contribution in [3.63, 3.8) is 0 Å². The average Bonchev–Trinajstić information content (AvgIpc) is 2.17. The van der Waals surface area contributed by atoms with Gasteiger partial charge in [-0.05, 0) is 24.1 Å². The minimum Gasteiger partial charge on any atom is -0.480 e. The van der Waals surface area contributed by atoms with Gasteiger partial charge in [-0.2, -0.15) is 5.26 Å². The number of carboxylic acids is 1. The standard InChI is InChI=1S/C10H10N2O2/c1-6-7(5-11)3-2-4-8(6)9(12)10(13)14/h2-4,9H,12H2,1H3,(H,13,14). The molecule has 0 aliphatic carbocycles. The van der Waals surface area contributed by atoms with E-state index in [9.17, 15) is 4.79 Å². The van der Waals surface area contributed by atoms with Crippen LogP contribution in [0.1, 0.15) is 22.7 Å². The molecule has 72 valence electrons. The molecule has 1 aromatic carbocycles. The Morgan fingerprint density at radius 3 is 2.79 bits per heavy atom. The van der Waals surface area contributed by atoms with Crippen molar-refractivity contribution in [3.8, 4) is 6.07 Å². The maximum Gasteiger partial charge on any atom is 0.325 e. The van der Waals surface area contributed by atoms with Crippen molar-refractivity contribution >= 4 is 5.97 Å². The number of aliphatic carboxylic acids is 1. The SMILES string of the molecule is Cc1c(C#N)cccc1C(N)C(=O)O. The first-order valence-corrected chi connectivity index (χ1v) is 4.06. The van der Waals surface area contributed by atoms with Gasteiger partial charge in [-0.25, -0.2) is 0 Å². The Balaban J connectivity index is 3.24. The van der Waals surface area contributed by atoms with Gasteiger partial charge >= 0.3 is 5.97 Å². The summed E-state index contributed by atoms with van der Waals surface area (Å²) in [5, 5.41) is 17.4. The molecule has 0 saturated heterocycles. The Hall–Kier alpha value is -1.86. The summed E-state index contributed by atoms with van der Waals surface area (Å²) in [7, 11) is 0. The molecular formula is C10H10N2O2. The van der Waals surface area contributed by atoms with Crippen molar-refractivity contribution in [3.05, 3.63) is 34.9 Å². The fraction of sp³-hybridized carbons (Fsp3) is 0.200. The number of carboxylic acid groups (broad SMARTS) is 1. The summed E-state index contributed by atoms with van der Waals surface area (Å²) in [4.78, 5) is 10.6. The molecule has 14 heavy (non-hydrogen) atoms. The highest BCUT2D eigenvalue weighted by Gasteiger charge is 2.17. The summed E-state index contributed by atoms with van der Waals surface area (Å²) >= 11 is 0. The Morgan fingerprint density at radius 1 is 1.64 bits per heavy atom. The van der Waals surface area contributed by atoms with Crippen LogP contribution in [-0.4, -0.2) is 11.1 Å². The van der Waals surface area contributed by atoms with E-state index < -0.39 is 12.0 Å². The lowest BCUT2D eigenvalue weighted by atomic mass is 9.98. The molecule has 0 radical (unpaired) electrons. The van der Waals surface area contributed by atoms with Crippen LogP contribution < -0.4 is 5.73 Å². The van der Waals surface area contributed by atoms with E-state index in [0.717, 1.165) is 0 Å². The van der Waals surface area contributed by atoms with E-state index in [4.69, 9.17) is 16.1 Å². The molecule has 0 aromatic heterocycles. The summed E-state index contributed by atoms with van der Waals surface area (Å²) in [5.74, 6) is -1.09. The van der Waals surface area contributed by atoms with Gasteiger partial charge in [0.2, 0.25) is 0 Å². The van der Waals surface area contributed by atoms with Crippen molar-refractivity contribution < 1.29 is 9.90 Å². The van der Waals surface area contributed by atoms with Crippen LogP contribution in [0.25, 0.3) is 0 Å². The van der Waals surface area contributed by atoms with Crippen LogP contribution in [0.15, 0.2) is 18.2 Å². The molecule has 3 N–H and O–H groups in total. The summed E-state index contributed by atoms with van der Waals surface area (Å²) in [6, 6.07) is 5.80. The lowest BCUT2D eigenvalue weighted by Crippen LogP contribution is -2.21. The van der Waals surface area contributed by atoms with Gasteiger partial charge in [0.25, 0.3) is 0 Å². The normalized spacial score (nSPS) is 11.8. The van der Waals surface area contributed by atoms with Crippen LogP contribution in [0.4, 0.5) is 0 Å². The first-order chi connectivity index (χ1) is 6.57. The Labute approximate surface area is 81.6 Å². The number of hydrogen-bond acceptors (Lipinski definition) is 3. The summed E-state index contributed by atoms with van der Waals surface area (Å²) in [6.45, 7) is 1.69. The molecule has 0 amide bonds. The monoisotopic (exact) mass is 190 g/mol. The molecule has 0 bridgehead atoms. The lowest BCUT2D eigenvalue weighted by Gasteiger charge is -2.10. The number of hydrogen-bond donors (Lipinski definition) is 2. The number of nitriles is 1. The van der Waals surface area contributed by atoms with Gasteiger partial charge in [0.1, 0.15) is 6.04 Å². The molecule has 0 fully saturated rings. The van der Waals surface area contributed by atoms with Gasteiger partial charge < -0.3 is 10.8 Å². The Bertz CT molecular complexity index is 407. The first kappa shape index (κ1) is 10.2. The quantitative estimate of drug-likeness (QED) is 0.726. The Morgan fingerprint density at radius 2 is 2.29 bits per heavy atom. The van der Waals surface area contributed by atoms with E-state index in [1.807, 2.05) is 6.07 Å². The van der Waals surface area contributed by atoms with Crippen LogP contribution >= 0.6 is 0 Å². The lowest BCUT2D eigenvalue weighted by molar-refractivity contribution is -0.138. The van der Waals surface area contributed by atoms with Gasteiger partial charge in [0, 0.05) is 0 Å². The van der Waals surface area contributed by atoms with Gasteiger partial charge in [-0.3, -0.25) is 4.79 Å². The number of carbonyl (C=O) groups is 1. The Kier molecular flexibility index (Phi) is 2.85. The zero-order valence-electron chi connectivity index (χ0n) is 7.69. The molecule has 4 nitrogen and oxygen atoms in total. The summed E-state index contributed by atoms with van der Waals surface area (Å²) in [6.07, 6.45) is 0. The zero-order valence-corrected chi connectivity index (χ0v) is 7.69.